The first-order valence-electron chi connectivity index (χ1n) is 12.1. The van der Waals surface area contributed by atoms with Gasteiger partial charge in [-0.2, -0.15) is 0 Å². The second kappa shape index (κ2) is 11.8. The number of rotatable bonds is 9. The Morgan fingerprint density at radius 1 is 1.00 bits per heavy atom. The van der Waals surface area contributed by atoms with Gasteiger partial charge in [0.25, 0.3) is 11.8 Å². The number of hydrogen-bond acceptors (Lipinski definition) is 6. The third-order valence-electron chi connectivity index (χ3n) is 5.80. The number of carbonyl (C=O) groups excluding carboxylic acids is 2. The van der Waals surface area contributed by atoms with E-state index in [4.69, 9.17) is 0 Å². The molecule has 0 saturated carbocycles. The summed E-state index contributed by atoms with van der Waals surface area (Å²) in [6.45, 7) is 10.8. The number of anilines is 2. The second-order valence-electron chi connectivity index (χ2n) is 9.51. The van der Waals surface area contributed by atoms with Crippen LogP contribution in [0.15, 0.2) is 42.6 Å². The van der Waals surface area contributed by atoms with E-state index in [9.17, 15) is 14.7 Å². The summed E-state index contributed by atoms with van der Waals surface area (Å²) in [7, 11) is 0. The molecule has 184 valence electrons. The van der Waals surface area contributed by atoms with Crippen molar-refractivity contribution in [1.29, 1.82) is 0 Å². The molecule has 1 aliphatic rings. The first-order chi connectivity index (χ1) is 16.3. The van der Waals surface area contributed by atoms with Gasteiger partial charge < -0.3 is 25.5 Å². The zero-order chi connectivity index (χ0) is 24.7. The lowest BCUT2D eigenvalue weighted by Crippen LogP contribution is -2.49. The number of aliphatic hydroxyl groups excluding tert-OH is 1. The van der Waals surface area contributed by atoms with Gasteiger partial charge in [0.05, 0.1) is 18.3 Å². The van der Waals surface area contributed by atoms with Crippen molar-refractivity contribution in [2.45, 2.75) is 46.2 Å². The van der Waals surface area contributed by atoms with E-state index < -0.39 is 0 Å². The Labute approximate surface area is 202 Å². The fourth-order valence-electron chi connectivity index (χ4n) is 4.16. The van der Waals surface area contributed by atoms with Gasteiger partial charge in [-0.15, -0.1) is 0 Å². The maximum atomic E-state index is 13.0. The van der Waals surface area contributed by atoms with E-state index in [-0.39, 0.29) is 24.5 Å². The normalized spacial score (nSPS) is 14.9. The lowest BCUT2D eigenvalue weighted by atomic mass is 10.0. The van der Waals surface area contributed by atoms with Gasteiger partial charge in [-0.05, 0) is 62.6 Å². The van der Waals surface area contributed by atoms with E-state index in [0.29, 0.717) is 55.7 Å². The summed E-state index contributed by atoms with van der Waals surface area (Å²) in [5.41, 5.74) is 2.04. The van der Waals surface area contributed by atoms with Crippen molar-refractivity contribution in [3.8, 4) is 0 Å². The van der Waals surface area contributed by atoms with Crippen LogP contribution in [0.2, 0.25) is 0 Å². The molecular formula is C26H37N5O3. The maximum absolute atomic E-state index is 13.0. The Morgan fingerprint density at radius 2 is 1.65 bits per heavy atom. The highest BCUT2D eigenvalue weighted by atomic mass is 16.3. The van der Waals surface area contributed by atoms with Crippen LogP contribution in [0.1, 0.15) is 54.8 Å². The van der Waals surface area contributed by atoms with Crippen LogP contribution in [0.25, 0.3) is 0 Å². The van der Waals surface area contributed by atoms with Crippen molar-refractivity contribution >= 4 is 23.3 Å². The zero-order valence-electron chi connectivity index (χ0n) is 20.6. The van der Waals surface area contributed by atoms with Crippen LogP contribution in [0, 0.1) is 5.92 Å². The zero-order valence-corrected chi connectivity index (χ0v) is 20.6. The van der Waals surface area contributed by atoms with Crippen LogP contribution in [0.4, 0.5) is 11.5 Å². The number of nitrogens with zero attached hydrogens (tertiary/aromatic N) is 3. The summed E-state index contributed by atoms with van der Waals surface area (Å²) in [4.78, 5) is 34.1. The van der Waals surface area contributed by atoms with Crippen LogP contribution in [0.5, 0.6) is 0 Å². The van der Waals surface area contributed by atoms with Gasteiger partial charge in [0, 0.05) is 49.5 Å². The molecule has 1 fully saturated rings. The summed E-state index contributed by atoms with van der Waals surface area (Å²) in [6, 6.07) is 10.7. The first kappa shape index (κ1) is 25.5. The predicted octanol–water partition coefficient (Wildman–Crippen LogP) is 3.00. The van der Waals surface area contributed by atoms with E-state index in [0.717, 1.165) is 11.5 Å². The van der Waals surface area contributed by atoms with Crippen molar-refractivity contribution in [3.05, 3.63) is 53.7 Å². The number of hydrogen-bond donors (Lipinski definition) is 3. The summed E-state index contributed by atoms with van der Waals surface area (Å²) in [5, 5.41) is 15.8. The van der Waals surface area contributed by atoms with Crippen LogP contribution in [-0.4, -0.2) is 71.7 Å². The SMILES string of the molecule is CC(C)C[C@@H](CO)NC(=O)c1ccc(C(=O)N2CCN(c3ncccc3NC(C)C)CC2)cc1. The molecule has 1 saturated heterocycles. The molecule has 2 amide bonds. The van der Waals surface area contributed by atoms with Gasteiger partial charge in [0.1, 0.15) is 0 Å². The van der Waals surface area contributed by atoms with E-state index in [1.807, 2.05) is 30.9 Å². The minimum atomic E-state index is -0.277. The van der Waals surface area contributed by atoms with Crippen molar-refractivity contribution in [1.82, 2.24) is 15.2 Å². The summed E-state index contributed by atoms with van der Waals surface area (Å²) in [5.74, 6) is 1.00. The number of aliphatic hydroxyl groups is 1. The second-order valence-corrected chi connectivity index (χ2v) is 9.51. The summed E-state index contributed by atoms with van der Waals surface area (Å²) in [6.07, 6.45) is 2.50. The highest BCUT2D eigenvalue weighted by molar-refractivity contribution is 5.98. The van der Waals surface area contributed by atoms with Crippen molar-refractivity contribution in [3.63, 3.8) is 0 Å². The van der Waals surface area contributed by atoms with Gasteiger partial charge in [-0.25, -0.2) is 4.98 Å². The number of carbonyl (C=O) groups is 2. The number of nitrogens with one attached hydrogen (secondary N) is 2. The van der Waals surface area contributed by atoms with Crippen molar-refractivity contribution in [2.24, 2.45) is 5.92 Å². The largest absolute Gasteiger partial charge is 0.394 e. The van der Waals surface area contributed by atoms with Gasteiger partial charge in [0.15, 0.2) is 5.82 Å². The predicted molar refractivity (Wildman–Crippen MR) is 135 cm³/mol. The molecule has 3 N–H and O–H groups in total. The first-order valence-corrected chi connectivity index (χ1v) is 12.1. The number of amides is 2. The number of pyridine rings is 1. The quantitative estimate of drug-likeness (QED) is 0.525. The average Bonchev–Trinajstić information content (AvgIpc) is 2.83. The molecule has 1 aromatic carbocycles. The Kier molecular flexibility index (Phi) is 8.87. The molecule has 8 nitrogen and oxygen atoms in total. The van der Waals surface area contributed by atoms with Gasteiger partial charge in [-0.1, -0.05) is 13.8 Å². The summed E-state index contributed by atoms with van der Waals surface area (Å²) >= 11 is 0. The summed E-state index contributed by atoms with van der Waals surface area (Å²) < 4.78 is 0. The fraction of sp³-hybridized carbons (Fsp3) is 0.500. The highest BCUT2D eigenvalue weighted by Crippen LogP contribution is 2.25. The minimum absolute atomic E-state index is 0.0406. The standard InChI is InChI=1S/C26H37N5O3/c1-18(2)16-22(17-32)29-25(33)20-7-9-21(10-8-20)26(34)31-14-12-30(13-15-31)24-23(28-19(3)4)6-5-11-27-24/h5-11,18-19,22,28,32H,12-17H2,1-4H3,(H,29,33)/t22-/m0/s1. The molecule has 1 aliphatic heterocycles. The molecule has 1 atom stereocenters. The molecule has 0 aliphatic carbocycles. The number of piperazine rings is 1. The van der Waals surface area contributed by atoms with Gasteiger partial charge in [0.2, 0.25) is 0 Å². The molecule has 2 heterocycles. The number of aromatic nitrogens is 1. The molecule has 1 aromatic heterocycles. The molecule has 0 radical (unpaired) electrons. The van der Waals surface area contributed by atoms with E-state index in [2.05, 4.69) is 34.4 Å². The van der Waals surface area contributed by atoms with E-state index >= 15 is 0 Å². The van der Waals surface area contributed by atoms with Gasteiger partial charge in [-0.3, -0.25) is 9.59 Å². The monoisotopic (exact) mass is 467 g/mol. The lowest BCUT2D eigenvalue weighted by molar-refractivity contribution is 0.0745. The maximum Gasteiger partial charge on any atom is 0.253 e. The Balaban J connectivity index is 1.58. The van der Waals surface area contributed by atoms with E-state index in [1.54, 1.807) is 30.5 Å². The molecule has 0 bridgehead atoms. The molecule has 8 heteroatoms. The third kappa shape index (κ3) is 6.70. The van der Waals surface area contributed by atoms with Crippen molar-refractivity contribution < 1.29 is 14.7 Å². The van der Waals surface area contributed by atoms with Gasteiger partial charge >= 0.3 is 0 Å². The van der Waals surface area contributed by atoms with E-state index in [1.165, 1.54) is 0 Å². The Hall–Kier alpha value is -3.13. The molecule has 3 rings (SSSR count). The smallest absolute Gasteiger partial charge is 0.253 e. The molecule has 0 spiro atoms. The molecular weight excluding hydrogens is 430 g/mol. The molecule has 34 heavy (non-hydrogen) atoms. The van der Waals surface area contributed by atoms with Crippen LogP contribution in [-0.2, 0) is 0 Å². The minimum Gasteiger partial charge on any atom is -0.394 e. The molecule has 0 unspecified atom stereocenters. The third-order valence-corrected chi connectivity index (χ3v) is 5.80. The van der Waals surface area contributed by atoms with Crippen LogP contribution < -0.4 is 15.5 Å². The Bertz CT molecular complexity index is 953. The average molecular weight is 468 g/mol. The van der Waals surface area contributed by atoms with Crippen LogP contribution >= 0.6 is 0 Å². The lowest BCUT2D eigenvalue weighted by Gasteiger charge is -2.36. The fourth-order valence-corrected chi connectivity index (χ4v) is 4.16. The number of benzene rings is 1. The highest BCUT2D eigenvalue weighted by Gasteiger charge is 2.24. The van der Waals surface area contributed by atoms with Crippen molar-refractivity contribution in [2.75, 3.05) is 43.0 Å². The topological polar surface area (TPSA) is 97.8 Å². The Morgan fingerprint density at radius 3 is 2.24 bits per heavy atom. The van der Waals surface area contributed by atoms with Crippen LogP contribution in [0.3, 0.4) is 0 Å². The molecule has 2 aromatic rings.